The first kappa shape index (κ1) is 14.4. The van der Waals surface area contributed by atoms with E-state index in [4.69, 9.17) is 0 Å². The molecule has 106 valence electrons. The summed E-state index contributed by atoms with van der Waals surface area (Å²) in [4.78, 5) is 0. The van der Waals surface area contributed by atoms with Gasteiger partial charge in [-0.05, 0) is 43.9 Å². The van der Waals surface area contributed by atoms with E-state index in [0.29, 0.717) is 0 Å². The van der Waals surface area contributed by atoms with Crippen LogP contribution in [0.1, 0.15) is 84.5 Å². The number of nitrogens with one attached hydrogen (secondary N) is 1. The predicted molar refractivity (Wildman–Crippen MR) is 79.8 cm³/mol. The van der Waals surface area contributed by atoms with E-state index in [-0.39, 0.29) is 0 Å². The van der Waals surface area contributed by atoms with E-state index >= 15 is 0 Å². The maximum absolute atomic E-state index is 4.04. The average molecular weight is 251 g/mol. The summed E-state index contributed by atoms with van der Waals surface area (Å²) in [6.45, 7) is 4.75. The van der Waals surface area contributed by atoms with Gasteiger partial charge in [0.25, 0.3) is 0 Å². The Kier molecular flexibility index (Phi) is 6.01. The molecule has 0 saturated heterocycles. The first-order valence-electron chi connectivity index (χ1n) is 8.59. The lowest BCUT2D eigenvalue weighted by Gasteiger charge is -2.34. The minimum atomic E-state index is 0.832. The third kappa shape index (κ3) is 3.98. The zero-order chi connectivity index (χ0) is 12.8. The zero-order valence-electron chi connectivity index (χ0n) is 12.6. The van der Waals surface area contributed by atoms with Crippen LogP contribution in [-0.2, 0) is 0 Å². The van der Waals surface area contributed by atoms with Crippen molar-refractivity contribution in [1.82, 2.24) is 5.32 Å². The van der Waals surface area contributed by atoms with Crippen molar-refractivity contribution in [2.24, 2.45) is 11.8 Å². The van der Waals surface area contributed by atoms with Crippen molar-refractivity contribution >= 4 is 0 Å². The summed E-state index contributed by atoms with van der Waals surface area (Å²) < 4.78 is 0. The maximum atomic E-state index is 4.04. The number of hydrogen-bond donors (Lipinski definition) is 1. The van der Waals surface area contributed by atoms with Crippen molar-refractivity contribution in [3.8, 4) is 0 Å². The molecule has 0 radical (unpaired) electrons. The Bertz CT molecular complexity index is 226. The molecule has 1 nitrogen and oxygen atoms in total. The number of rotatable bonds is 4. The van der Waals surface area contributed by atoms with Crippen molar-refractivity contribution < 1.29 is 0 Å². The molecule has 0 spiro atoms. The van der Waals surface area contributed by atoms with Gasteiger partial charge >= 0.3 is 0 Å². The fourth-order valence-electron chi connectivity index (χ4n) is 4.17. The fraction of sp³-hybridized carbons (Fsp3) is 1.00. The highest BCUT2D eigenvalue weighted by Crippen LogP contribution is 2.30. The summed E-state index contributed by atoms with van der Waals surface area (Å²) in [5, 5.41) is 4.04. The van der Waals surface area contributed by atoms with Gasteiger partial charge in [-0.25, -0.2) is 0 Å². The van der Waals surface area contributed by atoms with Gasteiger partial charge in [-0.1, -0.05) is 52.4 Å². The van der Waals surface area contributed by atoms with E-state index in [2.05, 4.69) is 19.2 Å². The lowest BCUT2D eigenvalue weighted by molar-refractivity contribution is 0.228. The van der Waals surface area contributed by atoms with Crippen molar-refractivity contribution in [3.63, 3.8) is 0 Å². The third-order valence-electron chi connectivity index (χ3n) is 5.55. The van der Waals surface area contributed by atoms with Crippen LogP contribution in [0.4, 0.5) is 0 Å². The van der Waals surface area contributed by atoms with E-state index in [9.17, 15) is 0 Å². The van der Waals surface area contributed by atoms with Crippen molar-refractivity contribution in [2.45, 2.75) is 96.6 Å². The van der Waals surface area contributed by atoms with Gasteiger partial charge in [-0.3, -0.25) is 0 Å². The summed E-state index contributed by atoms with van der Waals surface area (Å²) in [6.07, 6.45) is 15.9. The molecule has 2 saturated carbocycles. The highest BCUT2D eigenvalue weighted by atomic mass is 15.0. The van der Waals surface area contributed by atoms with Crippen molar-refractivity contribution in [3.05, 3.63) is 0 Å². The highest BCUT2D eigenvalue weighted by Gasteiger charge is 2.26. The Hall–Kier alpha value is -0.0400. The predicted octanol–water partition coefficient (Wildman–Crippen LogP) is 4.90. The Morgan fingerprint density at radius 2 is 1.61 bits per heavy atom. The van der Waals surface area contributed by atoms with Crippen LogP contribution in [0.15, 0.2) is 0 Å². The molecule has 18 heavy (non-hydrogen) atoms. The molecule has 2 rings (SSSR count). The maximum Gasteiger partial charge on any atom is 0.00978 e. The van der Waals surface area contributed by atoms with Crippen molar-refractivity contribution in [2.75, 3.05) is 0 Å². The Morgan fingerprint density at radius 1 is 0.778 bits per heavy atom. The van der Waals surface area contributed by atoms with Gasteiger partial charge in [-0.2, -0.15) is 0 Å². The topological polar surface area (TPSA) is 12.0 Å². The quantitative estimate of drug-likeness (QED) is 0.700. The molecule has 0 amide bonds. The summed E-state index contributed by atoms with van der Waals surface area (Å²) in [5.41, 5.74) is 0. The summed E-state index contributed by atoms with van der Waals surface area (Å²) in [6, 6.07) is 1.67. The molecule has 0 aromatic heterocycles. The third-order valence-corrected chi connectivity index (χ3v) is 5.55. The average Bonchev–Trinajstić information content (AvgIpc) is 2.64. The molecule has 4 unspecified atom stereocenters. The van der Waals surface area contributed by atoms with Crippen LogP contribution >= 0.6 is 0 Å². The summed E-state index contributed by atoms with van der Waals surface area (Å²) in [7, 11) is 0. The molecule has 1 N–H and O–H groups in total. The van der Waals surface area contributed by atoms with E-state index < -0.39 is 0 Å². The largest absolute Gasteiger partial charge is 0.311 e. The Balaban J connectivity index is 1.80. The first-order chi connectivity index (χ1) is 8.83. The molecule has 0 aliphatic heterocycles. The normalized spacial score (nSPS) is 38.3. The van der Waals surface area contributed by atoms with Gasteiger partial charge < -0.3 is 5.32 Å². The number of hydrogen-bond acceptors (Lipinski definition) is 1. The molecular weight excluding hydrogens is 218 g/mol. The van der Waals surface area contributed by atoms with Gasteiger partial charge in [0.2, 0.25) is 0 Å². The van der Waals surface area contributed by atoms with Crippen LogP contribution in [0, 0.1) is 11.8 Å². The molecule has 1 heteroatoms. The van der Waals surface area contributed by atoms with Crippen LogP contribution in [0.25, 0.3) is 0 Å². The lowest BCUT2D eigenvalue weighted by Crippen LogP contribution is -2.44. The Labute approximate surface area is 114 Å². The van der Waals surface area contributed by atoms with Gasteiger partial charge in [0.15, 0.2) is 0 Å². The molecule has 2 aliphatic rings. The summed E-state index contributed by atoms with van der Waals surface area (Å²) >= 11 is 0. The van der Waals surface area contributed by atoms with E-state index in [0.717, 1.165) is 23.9 Å². The zero-order valence-corrected chi connectivity index (χ0v) is 12.6. The molecule has 4 atom stereocenters. The molecule has 0 bridgehead atoms. The fourth-order valence-corrected chi connectivity index (χ4v) is 4.17. The first-order valence-corrected chi connectivity index (χ1v) is 8.59. The van der Waals surface area contributed by atoms with Crippen LogP contribution in [0.5, 0.6) is 0 Å². The van der Waals surface area contributed by atoms with Crippen LogP contribution in [-0.4, -0.2) is 12.1 Å². The Morgan fingerprint density at radius 3 is 2.39 bits per heavy atom. The second-order valence-electron chi connectivity index (χ2n) is 6.71. The molecule has 0 heterocycles. The summed E-state index contributed by atoms with van der Waals surface area (Å²) in [5.74, 6) is 1.98. The monoisotopic (exact) mass is 251 g/mol. The van der Waals surface area contributed by atoms with Crippen LogP contribution in [0.3, 0.4) is 0 Å². The van der Waals surface area contributed by atoms with Crippen LogP contribution < -0.4 is 5.32 Å². The smallest absolute Gasteiger partial charge is 0.00978 e. The van der Waals surface area contributed by atoms with Gasteiger partial charge in [-0.15, -0.1) is 0 Å². The molecule has 0 aromatic carbocycles. The van der Waals surface area contributed by atoms with Gasteiger partial charge in [0.05, 0.1) is 0 Å². The minimum absolute atomic E-state index is 0.832. The minimum Gasteiger partial charge on any atom is -0.311 e. The second kappa shape index (κ2) is 7.53. The van der Waals surface area contributed by atoms with Gasteiger partial charge in [0.1, 0.15) is 0 Å². The molecule has 2 fully saturated rings. The highest BCUT2D eigenvalue weighted by molar-refractivity contribution is 4.84. The molecule has 2 aliphatic carbocycles. The van der Waals surface area contributed by atoms with E-state index in [1.165, 1.54) is 70.6 Å². The standard InChI is InChI=1S/C17H33N/c1-3-14-8-7-10-16(13-12-14)18-17-11-6-5-9-15(17)4-2/h14-18H,3-13H2,1-2H3. The lowest BCUT2D eigenvalue weighted by atomic mass is 9.82. The van der Waals surface area contributed by atoms with E-state index in [1.54, 1.807) is 0 Å². The molecule has 0 aromatic rings. The van der Waals surface area contributed by atoms with Gasteiger partial charge in [0, 0.05) is 12.1 Å². The van der Waals surface area contributed by atoms with Crippen LogP contribution in [0.2, 0.25) is 0 Å². The SMILES string of the molecule is CCC1CCCC(NC2CCCCC2CC)CC1. The molecular formula is C17H33N. The second-order valence-corrected chi connectivity index (χ2v) is 6.71. The van der Waals surface area contributed by atoms with E-state index in [1.807, 2.05) is 0 Å². The van der Waals surface area contributed by atoms with Crippen molar-refractivity contribution in [1.29, 1.82) is 0 Å².